The van der Waals surface area contributed by atoms with Crippen LogP contribution in [0.3, 0.4) is 0 Å². The number of amides is 3. The van der Waals surface area contributed by atoms with E-state index in [-0.39, 0.29) is 5.56 Å². The number of hydrogen-bond acceptors (Lipinski definition) is 3. The zero-order valence-corrected chi connectivity index (χ0v) is 13.4. The zero-order valence-electron chi connectivity index (χ0n) is 13.4. The molecule has 1 fully saturated rings. The zero-order chi connectivity index (χ0) is 18.1. The summed E-state index contributed by atoms with van der Waals surface area (Å²) in [7, 11) is 0. The molecule has 1 aliphatic heterocycles. The van der Waals surface area contributed by atoms with Crippen molar-refractivity contribution in [3.8, 4) is 0 Å². The maximum atomic E-state index is 13.8. The number of β-amino-alcohol motifs (C(OH)–C–C–N with tert-alkyl or cyclic N) is 1. The average molecular weight is 346 g/mol. The Hall–Kier alpha value is -2.80. The lowest BCUT2D eigenvalue weighted by atomic mass is 10.1. The Morgan fingerprint density at radius 3 is 2.48 bits per heavy atom. The third-order valence-electron chi connectivity index (χ3n) is 4.15. The number of hydrogen-bond donors (Lipinski definition) is 1. The van der Waals surface area contributed by atoms with Crippen molar-refractivity contribution in [2.24, 2.45) is 0 Å². The Kier molecular flexibility index (Phi) is 4.50. The van der Waals surface area contributed by atoms with Gasteiger partial charge in [-0.15, -0.1) is 0 Å². The second kappa shape index (κ2) is 6.60. The molecule has 0 aromatic heterocycles. The fraction of sp³-hybridized carbons (Fsp3) is 0.222. The Labute approximate surface area is 143 Å². The third kappa shape index (κ3) is 3.10. The fourth-order valence-corrected chi connectivity index (χ4v) is 2.86. The van der Waals surface area contributed by atoms with Crippen molar-refractivity contribution in [3.63, 3.8) is 0 Å². The van der Waals surface area contributed by atoms with Crippen molar-refractivity contribution < 1.29 is 23.5 Å². The number of rotatable bonds is 4. The standard InChI is InChI=1S/C18H16F2N2O3/c1-11-17(24)21(18(25)22(11)13-5-3-2-4-6-13)10-16(23)14-9-12(19)7-8-15(14)20/h2-9,11,16,23H,10H2,1H3/t11-,16-/m1/s1. The van der Waals surface area contributed by atoms with E-state index in [2.05, 4.69) is 0 Å². The summed E-state index contributed by atoms with van der Waals surface area (Å²) < 4.78 is 27.1. The summed E-state index contributed by atoms with van der Waals surface area (Å²) in [6, 6.07) is 9.94. The number of anilines is 1. The molecular weight excluding hydrogens is 330 g/mol. The van der Waals surface area contributed by atoms with E-state index in [9.17, 15) is 23.5 Å². The van der Waals surface area contributed by atoms with E-state index in [1.807, 2.05) is 0 Å². The van der Waals surface area contributed by atoms with Crippen LogP contribution in [0.25, 0.3) is 0 Å². The molecule has 0 spiro atoms. The molecule has 7 heteroatoms. The van der Waals surface area contributed by atoms with Gasteiger partial charge in [0.05, 0.1) is 6.54 Å². The summed E-state index contributed by atoms with van der Waals surface area (Å²) in [6.45, 7) is 1.12. The molecule has 0 unspecified atom stereocenters. The second-order valence-corrected chi connectivity index (χ2v) is 5.79. The Balaban J connectivity index is 1.84. The van der Waals surface area contributed by atoms with Gasteiger partial charge in [0.25, 0.3) is 5.91 Å². The third-order valence-corrected chi connectivity index (χ3v) is 4.15. The first-order valence-electron chi connectivity index (χ1n) is 7.72. The summed E-state index contributed by atoms with van der Waals surface area (Å²) in [6.07, 6.45) is -1.52. The fourth-order valence-electron chi connectivity index (χ4n) is 2.86. The smallest absolute Gasteiger partial charge is 0.332 e. The normalized spacial score (nSPS) is 18.8. The van der Waals surface area contributed by atoms with Gasteiger partial charge in [0, 0.05) is 11.3 Å². The molecule has 130 valence electrons. The number of para-hydroxylation sites is 1. The maximum Gasteiger partial charge on any atom is 0.332 e. The molecule has 0 radical (unpaired) electrons. The predicted molar refractivity (Wildman–Crippen MR) is 86.8 cm³/mol. The van der Waals surface area contributed by atoms with Crippen molar-refractivity contribution in [1.82, 2.24) is 4.90 Å². The van der Waals surface area contributed by atoms with E-state index in [0.29, 0.717) is 5.69 Å². The van der Waals surface area contributed by atoms with Gasteiger partial charge >= 0.3 is 6.03 Å². The first-order chi connectivity index (χ1) is 11.9. The highest BCUT2D eigenvalue weighted by Gasteiger charge is 2.44. The van der Waals surface area contributed by atoms with E-state index in [4.69, 9.17) is 0 Å². The highest BCUT2D eigenvalue weighted by Crippen LogP contribution is 2.28. The molecule has 1 aliphatic rings. The molecule has 2 aromatic carbocycles. The van der Waals surface area contributed by atoms with Gasteiger partial charge in [0.1, 0.15) is 23.8 Å². The van der Waals surface area contributed by atoms with Crippen molar-refractivity contribution >= 4 is 17.6 Å². The SMILES string of the molecule is C[C@@H]1C(=O)N(C[C@@H](O)c2cc(F)ccc2F)C(=O)N1c1ccccc1. The molecule has 1 N–H and O–H groups in total. The number of carbonyl (C=O) groups excluding carboxylic acids is 2. The van der Waals surface area contributed by atoms with E-state index in [1.165, 1.54) is 4.90 Å². The second-order valence-electron chi connectivity index (χ2n) is 5.79. The highest BCUT2D eigenvalue weighted by molar-refractivity contribution is 6.14. The Morgan fingerprint density at radius 1 is 1.12 bits per heavy atom. The van der Waals surface area contributed by atoms with Crippen molar-refractivity contribution in [1.29, 1.82) is 0 Å². The number of imide groups is 1. The molecule has 5 nitrogen and oxygen atoms in total. The van der Waals surface area contributed by atoms with Crippen LogP contribution in [-0.4, -0.2) is 34.5 Å². The highest BCUT2D eigenvalue weighted by atomic mass is 19.1. The first kappa shape index (κ1) is 17.0. The quantitative estimate of drug-likeness (QED) is 0.866. The Morgan fingerprint density at radius 2 is 1.80 bits per heavy atom. The summed E-state index contributed by atoms with van der Waals surface area (Å²) >= 11 is 0. The lowest BCUT2D eigenvalue weighted by Crippen LogP contribution is -2.36. The molecule has 0 aliphatic carbocycles. The molecule has 2 aromatic rings. The predicted octanol–water partition coefficient (Wildman–Crippen LogP) is 2.86. The van der Waals surface area contributed by atoms with Crippen LogP contribution < -0.4 is 4.90 Å². The van der Waals surface area contributed by atoms with Gasteiger partial charge < -0.3 is 5.11 Å². The molecule has 3 rings (SSSR count). The van der Waals surface area contributed by atoms with E-state index in [1.54, 1.807) is 37.3 Å². The van der Waals surface area contributed by atoms with Crippen LogP contribution in [0, 0.1) is 11.6 Å². The maximum absolute atomic E-state index is 13.8. The van der Waals surface area contributed by atoms with Crippen molar-refractivity contribution in [2.45, 2.75) is 19.1 Å². The minimum atomic E-state index is -1.52. The number of nitrogens with zero attached hydrogens (tertiary/aromatic N) is 2. The summed E-state index contributed by atoms with van der Waals surface area (Å²) in [5.74, 6) is -2.03. The van der Waals surface area contributed by atoms with E-state index in [0.717, 1.165) is 23.1 Å². The van der Waals surface area contributed by atoms with Crippen LogP contribution >= 0.6 is 0 Å². The number of halogens is 2. The topological polar surface area (TPSA) is 60.9 Å². The monoisotopic (exact) mass is 346 g/mol. The molecule has 3 amide bonds. The van der Waals surface area contributed by atoms with Gasteiger partial charge in [-0.05, 0) is 37.3 Å². The number of urea groups is 1. The molecule has 0 saturated carbocycles. The first-order valence-corrected chi connectivity index (χ1v) is 7.72. The average Bonchev–Trinajstić information content (AvgIpc) is 2.81. The van der Waals surface area contributed by atoms with Crippen molar-refractivity contribution in [3.05, 3.63) is 65.7 Å². The van der Waals surface area contributed by atoms with Crippen LogP contribution in [-0.2, 0) is 4.79 Å². The number of aliphatic hydroxyl groups is 1. The van der Waals surface area contributed by atoms with Gasteiger partial charge in [0.2, 0.25) is 0 Å². The molecule has 1 saturated heterocycles. The number of benzene rings is 2. The molecular formula is C18H16F2N2O3. The summed E-state index contributed by atoms with van der Waals surface area (Å²) in [5.41, 5.74) is 0.244. The molecule has 0 bridgehead atoms. The lowest BCUT2D eigenvalue weighted by Gasteiger charge is -2.21. The van der Waals surface area contributed by atoms with Crippen molar-refractivity contribution in [2.75, 3.05) is 11.4 Å². The summed E-state index contributed by atoms with van der Waals surface area (Å²) in [4.78, 5) is 27.2. The van der Waals surface area contributed by atoms with Crippen LogP contribution in [0.15, 0.2) is 48.5 Å². The molecule has 25 heavy (non-hydrogen) atoms. The van der Waals surface area contributed by atoms with E-state index >= 15 is 0 Å². The van der Waals surface area contributed by atoms with E-state index < -0.39 is 42.3 Å². The van der Waals surface area contributed by atoms with Gasteiger partial charge in [-0.25, -0.2) is 13.6 Å². The van der Waals surface area contributed by atoms with Crippen LogP contribution in [0.2, 0.25) is 0 Å². The lowest BCUT2D eigenvalue weighted by molar-refractivity contribution is -0.128. The minimum absolute atomic E-state index is 0.300. The largest absolute Gasteiger partial charge is 0.386 e. The van der Waals surface area contributed by atoms with Gasteiger partial charge in [-0.3, -0.25) is 14.6 Å². The number of aliphatic hydroxyl groups excluding tert-OH is 1. The number of carbonyl (C=O) groups is 2. The van der Waals surface area contributed by atoms with Crippen LogP contribution in [0.1, 0.15) is 18.6 Å². The van der Waals surface area contributed by atoms with Crippen LogP contribution in [0.5, 0.6) is 0 Å². The van der Waals surface area contributed by atoms with Gasteiger partial charge in [0.15, 0.2) is 0 Å². The van der Waals surface area contributed by atoms with Crippen LogP contribution in [0.4, 0.5) is 19.3 Å². The summed E-state index contributed by atoms with van der Waals surface area (Å²) in [5, 5.41) is 10.2. The van der Waals surface area contributed by atoms with Gasteiger partial charge in [-0.2, -0.15) is 0 Å². The Bertz CT molecular complexity index is 813. The molecule has 1 heterocycles. The van der Waals surface area contributed by atoms with Gasteiger partial charge in [-0.1, -0.05) is 18.2 Å². The molecule has 2 atom stereocenters. The minimum Gasteiger partial charge on any atom is -0.386 e.